The van der Waals surface area contributed by atoms with Gasteiger partial charge in [0.1, 0.15) is 23.2 Å². The van der Waals surface area contributed by atoms with Gasteiger partial charge in [-0.1, -0.05) is 0 Å². The number of amides is 1. The maximum Gasteiger partial charge on any atom is 0.404 e. The summed E-state index contributed by atoms with van der Waals surface area (Å²) < 4.78 is 43.7. The molecule has 4 rings (SSSR count). The van der Waals surface area contributed by atoms with E-state index in [0.717, 1.165) is 11.3 Å². The van der Waals surface area contributed by atoms with E-state index in [-0.39, 0.29) is 22.9 Å². The zero-order valence-corrected chi connectivity index (χ0v) is 16.3. The van der Waals surface area contributed by atoms with Crippen LogP contribution in [0, 0.1) is 0 Å². The number of aromatic nitrogens is 3. The third-order valence-electron chi connectivity index (χ3n) is 4.93. The van der Waals surface area contributed by atoms with Crippen molar-refractivity contribution >= 4 is 33.5 Å². The highest BCUT2D eigenvalue weighted by atomic mass is 32.1. The number of halogens is 3. The molecule has 12 heteroatoms. The van der Waals surface area contributed by atoms with Crippen LogP contribution in [0.15, 0.2) is 29.3 Å². The van der Waals surface area contributed by atoms with Gasteiger partial charge in [-0.3, -0.25) is 0 Å². The Morgan fingerprint density at radius 3 is 2.73 bits per heavy atom. The minimum atomic E-state index is -4.30. The predicted molar refractivity (Wildman–Crippen MR) is 103 cm³/mol. The first-order valence-corrected chi connectivity index (χ1v) is 10.0. The first kappa shape index (κ1) is 20.4. The summed E-state index contributed by atoms with van der Waals surface area (Å²) in [5.74, 6) is 0.843. The lowest BCUT2D eigenvalue weighted by Gasteiger charge is -2.34. The minimum absolute atomic E-state index is 0.108. The van der Waals surface area contributed by atoms with Gasteiger partial charge in [0.15, 0.2) is 5.89 Å². The Bertz CT molecular complexity index is 1020. The van der Waals surface area contributed by atoms with Gasteiger partial charge in [-0.2, -0.15) is 13.2 Å². The van der Waals surface area contributed by atoms with Crippen molar-refractivity contribution in [2.45, 2.75) is 49.9 Å². The Balaban J connectivity index is 1.57. The monoisotopic (exact) mass is 441 g/mol. The van der Waals surface area contributed by atoms with Crippen molar-refractivity contribution in [3.63, 3.8) is 0 Å². The van der Waals surface area contributed by atoms with E-state index < -0.39 is 18.7 Å². The number of carbonyl (C=O) groups is 1. The molecule has 8 nitrogen and oxygen atoms in total. The van der Waals surface area contributed by atoms with E-state index in [9.17, 15) is 18.0 Å². The van der Waals surface area contributed by atoms with E-state index in [1.165, 1.54) is 24.9 Å². The van der Waals surface area contributed by atoms with Gasteiger partial charge in [0.2, 0.25) is 0 Å². The third kappa shape index (κ3) is 4.81. The number of thiophene rings is 1. The maximum absolute atomic E-state index is 12.8. The van der Waals surface area contributed by atoms with Gasteiger partial charge in [-0.25, -0.2) is 19.7 Å². The summed E-state index contributed by atoms with van der Waals surface area (Å²) >= 11 is 0.982. The average Bonchev–Trinajstić information content (AvgIpc) is 3.29. The molecule has 0 unspecified atom stereocenters. The summed E-state index contributed by atoms with van der Waals surface area (Å²) in [6, 6.07) is 0.944. The van der Waals surface area contributed by atoms with Crippen LogP contribution in [0.1, 0.15) is 35.9 Å². The van der Waals surface area contributed by atoms with Crippen LogP contribution in [0.4, 0.5) is 23.8 Å². The summed E-state index contributed by atoms with van der Waals surface area (Å²) in [7, 11) is 0. The molecular weight excluding hydrogens is 423 g/mol. The lowest BCUT2D eigenvalue weighted by molar-refractivity contribution is -0.126. The summed E-state index contributed by atoms with van der Waals surface area (Å²) in [5.41, 5.74) is 0. The molecule has 3 aromatic rings. The number of nitrogens with one attached hydrogen (secondary N) is 2. The maximum atomic E-state index is 12.8. The summed E-state index contributed by atoms with van der Waals surface area (Å²) in [6.07, 6.45) is -0.485. The quantitative estimate of drug-likeness (QED) is 0.545. The number of hydrogen-bond acceptors (Lipinski definition) is 7. The molecule has 0 aliphatic heterocycles. The van der Waals surface area contributed by atoms with E-state index >= 15 is 0 Å². The molecule has 0 bridgehead atoms. The van der Waals surface area contributed by atoms with Crippen LogP contribution in [0.2, 0.25) is 0 Å². The average molecular weight is 441 g/mol. The summed E-state index contributed by atoms with van der Waals surface area (Å²) in [4.78, 5) is 24.2. The molecule has 1 fully saturated rings. The van der Waals surface area contributed by atoms with Crippen molar-refractivity contribution in [3.8, 4) is 0 Å². The molecule has 3 heterocycles. The van der Waals surface area contributed by atoms with Crippen LogP contribution in [-0.4, -0.2) is 44.4 Å². The van der Waals surface area contributed by atoms with E-state index in [4.69, 9.17) is 9.52 Å². The Hall–Kier alpha value is -2.89. The van der Waals surface area contributed by atoms with E-state index in [1.807, 2.05) is 0 Å². The van der Waals surface area contributed by atoms with Crippen LogP contribution >= 0.6 is 11.3 Å². The highest BCUT2D eigenvalue weighted by Crippen LogP contribution is 2.36. The minimum Gasteiger partial charge on any atom is -0.465 e. The van der Waals surface area contributed by atoms with E-state index in [0.29, 0.717) is 41.2 Å². The smallest absolute Gasteiger partial charge is 0.404 e. The molecule has 1 aliphatic carbocycles. The third-order valence-corrected chi connectivity index (χ3v) is 5.97. The molecule has 3 atom stereocenters. The van der Waals surface area contributed by atoms with Crippen molar-refractivity contribution in [2.75, 3.05) is 5.32 Å². The second kappa shape index (κ2) is 8.09. The highest BCUT2D eigenvalue weighted by Gasteiger charge is 2.34. The van der Waals surface area contributed by atoms with Crippen molar-refractivity contribution in [3.05, 3.63) is 35.6 Å². The topological polar surface area (TPSA) is 113 Å². The Labute approximate surface area is 172 Å². The molecule has 160 valence electrons. The number of carboxylic acid groups (broad SMARTS) is 1. The summed E-state index contributed by atoms with van der Waals surface area (Å²) in [5, 5.41) is 15.4. The second-order valence-electron chi connectivity index (χ2n) is 7.21. The SMILES string of the molecule is O=C(O)N[C@@H]1C[C@H](Nc2ncnc3sc(CC(F)(F)F)cc23)C[C@H](c2ncco2)C1. The van der Waals surface area contributed by atoms with Crippen molar-refractivity contribution in [2.24, 2.45) is 0 Å². The van der Waals surface area contributed by atoms with Gasteiger partial charge in [0, 0.05) is 22.9 Å². The molecule has 1 aliphatic rings. The lowest BCUT2D eigenvalue weighted by Crippen LogP contribution is -2.43. The van der Waals surface area contributed by atoms with Gasteiger partial charge in [-0.15, -0.1) is 11.3 Å². The van der Waals surface area contributed by atoms with Crippen molar-refractivity contribution in [1.82, 2.24) is 20.3 Å². The largest absolute Gasteiger partial charge is 0.465 e. The Morgan fingerprint density at radius 2 is 2.03 bits per heavy atom. The first-order chi connectivity index (χ1) is 14.3. The molecule has 0 saturated heterocycles. The number of anilines is 1. The van der Waals surface area contributed by atoms with Crippen LogP contribution < -0.4 is 10.6 Å². The van der Waals surface area contributed by atoms with Crippen LogP contribution in [0.5, 0.6) is 0 Å². The molecule has 3 N–H and O–H groups in total. The van der Waals surface area contributed by atoms with E-state index in [2.05, 4.69) is 25.6 Å². The highest BCUT2D eigenvalue weighted by molar-refractivity contribution is 7.18. The Kier molecular flexibility index (Phi) is 5.50. The van der Waals surface area contributed by atoms with Gasteiger partial charge in [-0.05, 0) is 25.3 Å². The van der Waals surface area contributed by atoms with Crippen LogP contribution in [-0.2, 0) is 6.42 Å². The second-order valence-corrected chi connectivity index (χ2v) is 8.32. The fraction of sp³-hybridized carbons (Fsp3) is 0.444. The molecule has 1 amide bonds. The fourth-order valence-electron chi connectivity index (χ4n) is 3.87. The molecule has 1 saturated carbocycles. The molecule has 0 spiro atoms. The fourth-order valence-corrected chi connectivity index (χ4v) is 4.89. The first-order valence-electron chi connectivity index (χ1n) is 9.22. The Morgan fingerprint density at radius 1 is 1.23 bits per heavy atom. The standard InChI is InChI=1S/C18H18F3N5O3S/c19-18(20,21)7-12-6-13-14(23-8-24-16(13)30-12)25-10-3-9(15-22-1-2-29-15)4-11(5-10)26-17(27)28/h1-2,6,8-11,26H,3-5,7H2,(H,27,28)(H,23,24,25)/t9-,10+,11-/m0/s1. The predicted octanol–water partition coefficient (Wildman–Crippen LogP) is 4.17. The number of fused-ring (bicyclic) bond motifs is 1. The van der Waals surface area contributed by atoms with Crippen molar-refractivity contribution in [1.29, 1.82) is 0 Å². The zero-order valence-electron chi connectivity index (χ0n) is 15.5. The molecule has 3 aromatic heterocycles. The number of rotatable bonds is 5. The van der Waals surface area contributed by atoms with E-state index in [1.54, 1.807) is 0 Å². The van der Waals surface area contributed by atoms with Crippen LogP contribution in [0.3, 0.4) is 0 Å². The molecule has 0 radical (unpaired) electrons. The van der Waals surface area contributed by atoms with Gasteiger partial charge in [0.25, 0.3) is 0 Å². The molecule has 30 heavy (non-hydrogen) atoms. The van der Waals surface area contributed by atoms with Gasteiger partial charge in [0.05, 0.1) is 18.0 Å². The number of alkyl halides is 3. The molecule has 0 aromatic carbocycles. The van der Waals surface area contributed by atoms with Gasteiger partial charge < -0.3 is 20.2 Å². The van der Waals surface area contributed by atoms with Crippen molar-refractivity contribution < 1.29 is 27.5 Å². The lowest BCUT2D eigenvalue weighted by atomic mass is 9.82. The summed E-state index contributed by atoms with van der Waals surface area (Å²) in [6.45, 7) is 0. The number of hydrogen-bond donors (Lipinski definition) is 3. The molecular formula is C18H18F3N5O3S. The number of oxazole rings is 1. The van der Waals surface area contributed by atoms with Crippen LogP contribution in [0.25, 0.3) is 10.2 Å². The number of nitrogens with zero attached hydrogens (tertiary/aromatic N) is 3. The normalized spacial score (nSPS) is 22.2. The zero-order chi connectivity index (χ0) is 21.3. The van der Waals surface area contributed by atoms with Gasteiger partial charge >= 0.3 is 12.3 Å².